The monoisotopic (exact) mass is 321 g/mol. The van der Waals surface area contributed by atoms with E-state index in [1.165, 1.54) is 7.11 Å². The number of aliphatic hydroxyl groups excluding tert-OH is 1. The van der Waals surface area contributed by atoms with E-state index in [2.05, 4.69) is 15.5 Å². The molecule has 1 amide bonds. The Bertz CT molecular complexity index is 530. The predicted molar refractivity (Wildman–Crippen MR) is 70.0 cm³/mol. The summed E-state index contributed by atoms with van der Waals surface area (Å²) in [7, 11) is 1.42. The van der Waals surface area contributed by atoms with Crippen LogP contribution < -0.4 is 5.32 Å². The van der Waals surface area contributed by atoms with Crippen LogP contribution in [0.15, 0.2) is 0 Å². The lowest BCUT2D eigenvalue weighted by Gasteiger charge is -2.22. The van der Waals surface area contributed by atoms with Gasteiger partial charge in [-0.25, -0.2) is 0 Å². The summed E-state index contributed by atoms with van der Waals surface area (Å²) in [6, 6.07) is 0. The van der Waals surface area contributed by atoms with E-state index in [-0.39, 0.29) is 31.0 Å². The first kappa shape index (κ1) is 16.8. The Morgan fingerprint density at radius 2 is 2.32 bits per heavy atom. The van der Waals surface area contributed by atoms with Crippen molar-refractivity contribution in [3.05, 3.63) is 17.0 Å². The van der Waals surface area contributed by atoms with Crippen molar-refractivity contribution >= 4 is 5.91 Å². The van der Waals surface area contributed by atoms with Gasteiger partial charge in [-0.3, -0.25) is 9.89 Å². The fourth-order valence-corrected chi connectivity index (χ4v) is 2.57. The first-order valence-corrected chi connectivity index (χ1v) is 6.91. The van der Waals surface area contributed by atoms with Gasteiger partial charge in [0.15, 0.2) is 5.69 Å². The normalized spacial score (nSPS) is 19.6. The number of amides is 1. The fraction of sp³-hybridized carbons (Fsp3) is 0.692. The predicted octanol–water partition coefficient (Wildman–Crippen LogP) is 0.657. The van der Waals surface area contributed by atoms with Crippen LogP contribution in [-0.2, 0) is 28.5 Å². The highest BCUT2D eigenvalue weighted by molar-refractivity contribution is 5.79. The van der Waals surface area contributed by atoms with E-state index in [1.54, 1.807) is 0 Å². The Morgan fingerprint density at radius 3 is 2.95 bits per heavy atom. The molecule has 2 unspecified atom stereocenters. The minimum atomic E-state index is -4.53. The highest BCUT2D eigenvalue weighted by Crippen LogP contribution is 2.36. The number of H-pyrrole nitrogens is 1. The number of alkyl halides is 3. The van der Waals surface area contributed by atoms with E-state index < -0.39 is 23.9 Å². The number of aryl methyl sites for hydroxylation is 1. The Balaban J connectivity index is 1.99. The molecule has 124 valence electrons. The van der Waals surface area contributed by atoms with Gasteiger partial charge in [0.25, 0.3) is 0 Å². The Morgan fingerprint density at radius 1 is 1.59 bits per heavy atom. The molecule has 22 heavy (non-hydrogen) atoms. The number of aliphatic hydroxyl groups is 1. The molecule has 0 radical (unpaired) electrons. The molecule has 1 aromatic heterocycles. The van der Waals surface area contributed by atoms with Crippen molar-refractivity contribution < 1.29 is 27.8 Å². The van der Waals surface area contributed by atoms with Crippen LogP contribution in [0.1, 0.15) is 23.4 Å². The fourth-order valence-electron chi connectivity index (χ4n) is 2.57. The maximum atomic E-state index is 12.8. The van der Waals surface area contributed by atoms with Crippen LogP contribution >= 0.6 is 0 Å². The zero-order valence-corrected chi connectivity index (χ0v) is 12.0. The van der Waals surface area contributed by atoms with Gasteiger partial charge in [-0.2, -0.15) is 18.3 Å². The zero-order chi connectivity index (χ0) is 16.3. The average Bonchev–Trinajstić information content (AvgIpc) is 2.88. The molecule has 0 bridgehead atoms. The van der Waals surface area contributed by atoms with Gasteiger partial charge in [0.05, 0.1) is 12.7 Å². The van der Waals surface area contributed by atoms with Crippen LogP contribution in [0.4, 0.5) is 13.2 Å². The van der Waals surface area contributed by atoms with E-state index in [4.69, 9.17) is 4.74 Å². The molecule has 0 fully saturated rings. The van der Waals surface area contributed by atoms with Crippen LogP contribution in [0.2, 0.25) is 0 Å². The molecule has 0 aliphatic heterocycles. The number of hydrogen-bond acceptors (Lipinski definition) is 4. The number of carbonyl (C=O) groups excluding carboxylic acids is 1. The van der Waals surface area contributed by atoms with E-state index in [0.717, 1.165) is 0 Å². The number of hydrogen-bond donors (Lipinski definition) is 3. The summed E-state index contributed by atoms with van der Waals surface area (Å²) in [5.74, 6) is -0.920. The number of aromatic amines is 1. The average molecular weight is 321 g/mol. The van der Waals surface area contributed by atoms with E-state index in [9.17, 15) is 23.1 Å². The lowest BCUT2D eigenvalue weighted by molar-refractivity contribution is -0.142. The van der Waals surface area contributed by atoms with Crippen molar-refractivity contribution in [3.63, 3.8) is 0 Å². The van der Waals surface area contributed by atoms with Crippen LogP contribution in [-0.4, -0.2) is 47.6 Å². The topological polar surface area (TPSA) is 87.2 Å². The van der Waals surface area contributed by atoms with Crippen molar-refractivity contribution in [2.75, 3.05) is 20.3 Å². The molecule has 1 aliphatic carbocycles. The third kappa shape index (κ3) is 3.77. The van der Waals surface area contributed by atoms with Gasteiger partial charge in [-0.15, -0.1) is 0 Å². The molecular formula is C13H18F3N3O3. The minimum absolute atomic E-state index is 0.00706. The van der Waals surface area contributed by atoms with Crippen LogP contribution in [0, 0.1) is 5.92 Å². The van der Waals surface area contributed by atoms with Crippen molar-refractivity contribution in [3.8, 4) is 0 Å². The lowest BCUT2D eigenvalue weighted by Crippen LogP contribution is -2.39. The highest BCUT2D eigenvalue weighted by Gasteiger charge is 2.40. The van der Waals surface area contributed by atoms with Gasteiger partial charge in [-0.05, 0) is 19.3 Å². The molecule has 0 saturated heterocycles. The number of carbonyl (C=O) groups is 1. The summed E-state index contributed by atoms with van der Waals surface area (Å²) in [6.45, 7) is 0.0859. The molecule has 1 heterocycles. The number of fused-ring (bicyclic) bond motifs is 1. The number of nitrogens with zero attached hydrogens (tertiary/aromatic N) is 1. The third-order valence-electron chi connectivity index (χ3n) is 3.66. The van der Waals surface area contributed by atoms with Crippen molar-refractivity contribution in [1.82, 2.24) is 15.5 Å². The summed E-state index contributed by atoms with van der Waals surface area (Å²) in [4.78, 5) is 12.0. The summed E-state index contributed by atoms with van der Waals surface area (Å²) in [5.41, 5.74) is -0.438. The SMILES string of the molecule is COCC(O)CNC(=O)C1CCc2[nH]nc(C(F)(F)F)c2C1. The standard InChI is InChI=1S/C13H18F3N3O3/c1-22-6-8(20)5-17-12(21)7-2-3-10-9(4-7)11(19-18-10)13(14,15)16/h7-8,20H,2-6H2,1H3,(H,17,21)(H,18,19). The van der Waals surface area contributed by atoms with Gasteiger partial charge in [0.1, 0.15) is 0 Å². The number of nitrogens with one attached hydrogen (secondary N) is 2. The summed E-state index contributed by atoms with van der Waals surface area (Å²) in [6.07, 6.45) is -4.59. The van der Waals surface area contributed by atoms with Crippen molar-refractivity contribution in [2.45, 2.75) is 31.5 Å². The number of rotatable bonds is 5. The number of halogens is 3. The summed E-state index contributed by atoms with van der Waals surface area (Å²) >= 11 is 0. The first-order valence-electron chi connectivity index (χ1n) is 6.91. The van der Waals surface area contributed by atoms with Gasteiger partial charge in [-0.1, -0.05) is 0 Å². The lowest BCUT2D eigenvalue weighted by atomic mass is 9.85. The smallest absolute Gasteiger partial charge is 0.389 e. The Labute approximate surface area is 125 Å². The molecule has 9 heteroatoms. The second-order valence-corrected chi connectivity index (χ2v) is 5.32. The summed E-state index contributed by atoms with van der Waals surface area (Å²) in [5, 5.41) is 17.7. The van der Waals surface area contributed by atoms with Crippen molar-refractivity contribution in [1.29, 1.82) is 0 Å². The Kier molecular flexibility index (Phi) is 5.07. The largest absolute Gasteiger partial charge is 0.435 e. The molecule has 6 nitrogen and oxygen atoms in total. The molecule has 0 saturated carbocycles. The van der Waals surface area contributed by atoms with E-state index >= 15 is 0 Å². The van der Waals surface area contributed by atoms with Crippen molar-refractivity contribution in [2.24, 2.45) is 5.92 Å². The molecular weight excluding hydrogens is 303 g/mol. The Hall–Kier alpha value is -1.61. The second kappa shape index (κ2) is 6.66. The van der Waals surface area contributed by atoms with Gasteiger partial charge >= 0.3 is 6.18 Å². The third-order valence-corrected chi connectivity index (χ3v) is 3.66. The highest BCUT2D eigenvalue weighted by atomic mass is 19.4. The first-order chi connectivity index (χ1) is 10.3. The van der Waals surface area contributed by atoms with Crippen LogP contribution in [0.3, 0.4) is 0 Å². The molecule has 1 aliphatic rings. The van der Waals surface area contributed by atoms with Gasteiger partial charge in [0.2, 0.25) is 5.91 Å². The van der Waals surface area contributed by atoms with E-state index in [0.29, 0.717) is 18.5 Å². The molecule has 0 aromatic carbocycles. The van der Waals surface area contributed by atoms with Gasteiger partial charge in [0, 0.05) is 30.8 Å². The molecule has 3 N–H and O–H groups in total. The van der Waals surface area contributed by atoms with Gasteiger partial charge < -0.3 is 15.2 Å². The van der Waals surface area contributed by atoms with Crippen LogP contribution in [0.5, 0.6) is 0 Å². The minimum Gasteiger partial charge on any atom is -0.389 e. The molecule has 1 aromatic rings. The molecule has 2 rings (SSSR count). The number of ether oxygens (including phenoxy) is 1. The quantitative estimate of drug-likeness (QED) is 0.743. The molecule has 2 atom stereocenters. The van der Waals surface area contributed by atoms with E-state index in [1.807, 2.05) is 0 Å². The maximum absolute atomic E-state index is 12.8. The zero-order valence-electron chi connectivity index (χ0n) is 12.0. The van der Waals surface area contributed by atoms with Crippen LogP contribution in [0.25, 0.3) is 0 Å². The second-order valence-electron chi connectivity index (χ2n) is 5.32. The number of methoxy groups -OCH3 is 1. The molecule has 0 spiro atoms. The summed E-state index contributed by atoms with van der Waals surface area (Å²) < 4.78 is 43.3. The maximum Gasteiger partial charge on any atom is 0.435 e. The number of aromatic nitrogens is 2.